The number of aliphatic carboxylic acids is 1. The van der Waals surface area contributed by atoms with Crippen LogP contribution >= 0.6 is 0 Å². The highest BCUT2D eigenvalue weighted by molar-refractivity contribution is 5.81. The van der Waals surface area contributed by atoms with Crippen molar-refractivity contribution in [1.29, 1.82) is 0 Å². The monoisotopic (exact) mass is 478 g/mol. The van der Waals surface area contributed by atoms with Crippen molar-refractivity contribution in [3.63, 3.8) is 0 Å². The fraction of sp³-hybridized carbons (Fsp3) is 0.464. The van der Waals surface area contributed by atoms with Crippen LogP contribution in [0.25, 0.3) is 11.1 Å². The molecule has 2 amide bonds. The van der Waals surface area contributed by atoms with Crippen LogP contribution in [0.3, 0.4) is 0 Å². The standard InChI is InChI=1S/C28H34N2O5/c1-3-28(4-2,26(32)33)17-29-25(31)18-13-14-19(15-18)30-27(34)35-16-24-22-11-7-5-9-20(22)21-10-6-8-12-23(21)24/h5-12,18-19,24H,3-4,13-17H2,1-2H3,(H,29,31)(H,30,34)(H,32,33). The molecule has 0 heterocycles. The zero-order chi connectivity index (χ0) is 25.0. The molecule has 3 N–H and O–H groups in total. The summed E-state index contributed by atoms with van der Waals surface area (Å²) in [4.78, 5) is 36.9. The van der Waals surface area contributed by atoms with Gasteiger partial charge in [-0.25, -0.2) is 4.79 Å². The summed E-state index contributed by atoms with van der Waals surface area (Å²) in [6.07, 6.45) is 2.30. The van der Waals surface area contributed by atoms with Crippen molar-refractivity contribution in [1.82, 2.24) is 10.6 Å². The molecule has 2 aliphatic rings. The molecule has 2 aromatic carbocycles. The Morgan fingerprint density at radius 1 is 0.971 bits per heavy atom. The first-order valence-corrected chi connectivity index (χ1v) is 12.5. The number of carboxylic acids is 1. The number of hydrogen-bond acceptors (Lipinski definition) is 4. The minimum absolute atomic E-state index is 0.00175. The van der Waals surface area contributed by atoms with Crippen molar-refractivity contribution in [2.75, 3.05) is 13.2 Å². The van der Waals surface area contributed by atoms with Gasteiger partial charge in [0.25, 0.3) is 0 Å². The van der Waals surface area contributed by atoms with Crippen molar-refractivity contribution >= 4 is 18.0 Å². The Bertz CT molecular complexity index is 1050. The van der Waals surface area contributed by atoms with Crippen LogP contribution in [0.4, 0.5) is 4.79 Å². The first-order valence-electron chi connectivity index (χ1n) is 12.5. The Hall–Kier alpha value is -3.35. The molecule has 0 spiro atoms. The van der Waals surface area contributed by atoms with Gasteiger partial charge in [-0.2, -0.15) is 0 Å². The molecule has 0 radical (unpaired) electrons. The van der Waals surface area contributed by atoms with Crippen LogP contribution in [0.5, 0.6) is 0 Å². The van der Waals surface area contributed by atoms with E-state index in [0.717, 1.165) is 11.1 Å². The zero-order valence-electron chi connectivity index (χ0n) is 20.4. The summed E-state index contributed by atoms with van der Waals surface area (Å²) in [6.45, 7) is 4.03. The van der Waals surface area contributed by atoms with Crippen LogP contribution in [0, 0.1) is 11.3 Å². The number of carbonyl (C=O) groups is 3. The maximum atomic E-state index is 12.7. The minimum atomic E-state index is -0.937. The molecule has 7 heteroatoms. The van der Waals surface area contributed by atoms with E-state index < -0.39 is 17.5 Å². The third-order valence-corrected chi connectivity index (χ3v) is 7.88. The third-order valence-electron chi connectivity index (χ3n) is 7.88. The number of nitrogens with one attached hydrogen (secondary N) is 2. The fourth-order valence-corrected chi connectivity index (χ4v) is 5.44. The van der Waals surface area contributed by atoms with Crippen LogP contribution in [-0.2, 0) is 14.3 Å². The lowest BCUT2D eigenvalue weighted by Crippen LogP contribution is -2.44. The molecule has 1 fully saturated rings. The highest BCUT2D eigenvalue weighted by Gasteiger charge is 2.37. The van der Waals surface area contributed by atoms with E-state index in [2.05, 4.69) is 34.9 Å². The Kier molecular flexibility index (Phi) is 7.43. The number of carbonyl (C=O) groups excluding carboxylic acids is 2. The molecule has 1 saturated carbocycles. The molecular formula is C28H34N2O5. The molecule has 7 nitrogen and oxygen atoms in total. The number of ether oxygens (including phenoxy) is 1. The summed E-state index contributed by atoms with van der Waals surface area (Å²) in [6, 6.07) is 16.3. The molecule has 186 valence electrons. The number of alkyl carbamates (subject to hydrolysis) is 1. The van der Waals surface area contributed by atoms with Gasteiger partial charge in [-0.3, -0.25) is 9.59 Å². The number of carboxylic acid groups (broad SMARTS) is 1. The number of amides is 2. The van der Waals surface area contributed by atoms with Crippen molar-refractivity contribution < 1.29 is 24.2 Å². The molecule has 2 atom stereocenters. The molecule has 4 rings (SSSR count). The number of hydrogen-bond donors (Lipinski definition) is 3. The summed E-state index contributed by atoms with van der Waals surface area (Å²) < 4.78 is 5.63. The molecular weight excluding hydrogens is 444 g/mol. The highest BCUT2D eigenvalue weighted by atomic mass is 16.5. The quantitative estimate of drug-likeness (QED) is 0.485. The van der Waals surface area contributed by atoms with Gasteiger partial charge in [0.05, 0.1) is 5.41 Å². The largest absolute Gasteiger partial charge is 0.481 e. The molecule has 0 saturated heterocycles. The predicted octanol–water partition coefficient (Wildman–Crippen LogP) is 4.70. The van der Waals surface area contributed by atoms with E-state index in [1.165, 1.54) is 11.1 Å². The Morgan fingerprint density at radius 3 is 2.14 bits per heavy atom. The van der Waals surface area contributed by atoms with E-state index in [4.69, 9.17) is 4.74 Å². The minimum Gasteiger partial charge on any atom is -0.481 e. The van der Waals surface area contributed by atoms with Crippen LogP contribution in [-0.4, -0.2) is 42.3 Å². The van der Waals surface area contributed by atoms with E-state index >= 15 is 0 Å². The molecule has 0 aromatic heterocycles. The van der Waals surface area contributed by atoms with Crippen LogP contribution in [0.2, 0.25) is 0 Å². The SMILES string of the molecule is CCC(CC)(CNC(=O)C1CCC(NC(=O)OCC2c3ccccc3-c3ccccc32)C1)C(=O)O. The van der Waals surface area contributed by atoms with Crippen LogP contribution < -0.4 is 10.6 Å². The molecule has 35 heavy (non-hydrogen) atoms. The normalized spacial score (nSPS) is 19.0. The maximum absolute atomic E-state index is 12.7. The van der Waals surface area contributed by atoms with E-state index in [-0.39, 0.29) is 36.9 Å². The second-order valence-electron chi connectivity index (χ2n) is 9.69. The van der Waals surface area contributed by atoms with Gasteiger partial charge in [0.1, 0.15) is 6.61 Å². The van der Waals surface area contributed by atoms with Gasteiger partial charge in [-0.15, -0.1) is 0 Å². The first kappa shape index (κ1) is 24.8. The van der Waals surface area contributed by atoms with Gasteiger partial charge in [-0.1, -0.05) is 62.4 Å². The summed E-state index contributed by atoms with van der Waals surface area (Å²) in [5, 5.41) is 15.3. The lowest BCUT2D eigenvalue weighted by molar-refractivity contribution is -0.149. The van der Waals surface area contributed by atoms with Crippen molar-refractivity contribution in [3.05, 3.63) is 59.7 Å². The third kappa shape index (κ3) is 5.04. The van der Waals surface area contributed by atoms with Crippen LogP contribution in [0.15, 0.2) is 48.5 Å². The van der Waals surface area contributed by atoms with Crippen LogP contribution in [0.1, 0.15) is 63.0 Å². The number of fused-ring (bicyclic) bond motifs is 3. The van der Waals surface area contributed by atoms with E-state index in [1.807, 2.05) is 38.1 Å². The second-order valence-corrected chi connectivity index (χ2v) is 9.69. The second kappa shape index (κ2) is 10.5. The number of benzene rings is 2. The molecule has 0 bridgehead atoms. The molecule has 0 aliphatic heterocycles. The van der Waals surface area contributed by atoms with Gasteiger partial charge in [0, 0.05) is 24.4 Å². The van der Waals surface area contributed by atoms with Gasteiger partial charge in [-0.05, 0) is 54.4 Å². The average molecular weight is 479 g/mol. The zero-order valence-corrected chi connectivity index (χ0v) is 20.4. The van der Waals surface area contributed by atoms with Gasteiger partial charge >= 0.3 is 12.1 Å². The maximum Gasteiger partial charge on any atom is 0.407 e. The lowest BCUT2D eigenvalue weighted by atomic mass is 9.82. The van der Waals surface area contributed by atoms with Crippen molar-refractivity contribution in [3.8, 4) is 11.1 Å². The molecule has 2 aromatic rings. The lowest BCUT2D eigenvalue weighted by Gasteiger charge is -2.27. The number of rotatable bonds is 9. The van der Waals surface area contributed by atoms with Gasteiger partial charge in [0.2, 0.25) is 5.91 Å². The van der Waals surface area contributed by atoms with Crippen molar-refractivity contribution in [2.45, 2.75) is 57.9 Å². The Labute approximate surface area is 206 Å². The van der Waals surface area contributed by atoms with E-state index in [0.29, 0.717) is 32.1 Å². The smallest absolute Gasteiger partial charge is 0.407 e. The van der Waals surface area contributed by atoms with Crippen molar-refractivity contribution in [2.24, 2.45) is 11.3 Å². The first-order chi connectivity index (χ1) is 16.9. The van der Waals surface area contributed by atoms with Gasteiger partial charge in [0.15, 0.2) is 0 Å². The summed E-state index contributed by atoms with van der Waals surface area (Å²) in [7, 11) is 0. The van der Waals surface area contributed by atoms with E-state index in [1.54, 1.807) is 0 Å². The summed E-state index contributed by atoms with van der Waals surface area (Å²) in [5.41, 5.74) is 3.75. The Balaban J connectivity index is 1.27. The van der Waals surface area contributed by atoms with Gasteiger partial charge < -0.3 is 20.5 Å². The topological polar surface area (TPSA) is 105 Å². The molecule has 2 aliphatic carbocycles. The highest BCUT2D eigenvalue weighted by Crippen LogP contribution is 2.44. The molecule has 2 unspecified atom stereocenters. The Morgan fingerprint density at radius 2 is 1.57 bits per heavy atom. The summed E-state index contributed by atoms with van der Waals surface area (Å²) in [5.74, 6) is -1.27. The summed E-state index contributed by atoms with van der Waals surface area (Å²) >= 11 is 0. The average Bonchev–Trinajstić information content (AvgIpc) is 3.46. The fourth-order valence-electron chi connectivity index (χ4n) is 5.44. The van der Waals surface area contributed by atoms with E-state index in [9.17, 15) is 19.5 Å². The predicted molar refractivity (Wildman–Crippen MR) is 133 cm³/mol.